The maximum Gasteiger partial charge on any atom is 0.269 e. The third-order valence-electron chi connectivity index (χ3n) is 5.09. The Morgan fingerprint density at radius 1 is 1.25 bits per heavy atom. The summed E-state index contributed by atoms with van der Waals surface area (Å²) in [7, 11) is 0. The summed E-state index contributed by atoms with van der Waals surface area (Å²) in [5.41, 5.74) is 5.09. The number of non-ortho nitro benzene ring substituents is 1. The number of hydrogen-bond acceptors (Lipinski definition) is 3. The van der Waals surface area contributed by atoms with E-state index in [2.05, 4.69) is 59.1 Å². The molecule has 0 fully saturated rings. The molecule has 122 valence electrons. The number of halogens is 1. The van der Waals surface area contributed by atoms with E-state index >= 15 is 0 Å². The van der Waals surface area contributed by atoms with Crippen molar-refractivity contribution in [3.8, 4) is 0 Å². The van der Waals surface area contributed by atoms with Crippen molar-refractivity contribution in [3.63, 3.8) is 0 Å². The summed E-state index contributed by atoms with van der Waals surface area (Å²) in [6.07, 6.45) is 5.61. The molecule has 1 aliphatic heterocycles. The summed E-state index contributed by atoms with van der Waals surface area (Å²) in [6, 6.07) is 11.6. The molecular formula is C19H17IN2O2. The van der Waals surface area contributed by atoms with Gasteiger partial charge in [-0.3, -0.25) is 10.1 Å². The van der Waals surface area contributed by atoms with Gasteiger partial charge < -0.3 is 5.32 Å². The molecule has 0 saturated heterocycles. The van der Waals surface area contributed by atoms with Crippen molar-refractivity contribution in [2.75, 3.05) is 5.32 Å². The van der Waals surface area contributed by atoms with Crippen LogP contribution >= 0.6 is 22.6 Å². The Labute approximate surface area is 154 Å². The topological polar surface area (TPSA) is 55.2 Å². The molecular weight excluding hydrogens is 415 g/mol. The van der Waals surface area contributed by atoms with E-state index in [0.29, 0.717) is 11.8 Å². The molecule has 1 N–H and O–H groups in total. The van der Waals surface area contributed by atoms with E-state index < -0.39 is 0 Å². The number of nitro benzene ring substituents is 1. The van der Waals surface area contributed by atoms with Crippen LogP contribution in [0.3, 0.4) is 0 Å². The lowest BCUT2D eigenvalue weighted by Crippen LogP contribution is -2.29. The second-order valence-electron chi connectivity index (χ2n) is 6.51. The minimum absolute atomic E-state index is 0.141. The van der Waals surface area contributed by atoms with Crippen molar-refractivity contribution in [3.05, 3.63) is 78.9 Å². The molecule has 2 aromatic rings. The first-order valence-electron chi connectivity index (χ1n) is 8.02. The Balaban J connectivity index is 1.76. The third kappa shape index (κ3) is 2.51. The number of allylic oxidation sites excluding steroid dienone is 2. The minimum Gasteiger partial charge on any atom is -0.377 e. The number of fused-ring (bicyclic) bond motifs is 3. The molecule has 24 heavy (non-hydrogen) atoms. The van der Waals surface area contributed by atoms with Crippen LogP contribution in [0.2, 0.25) is 0 Å². The van der Waals surface area contributed by atoms with Crippen molar-refractivity contribution in [2.45, 2.75) is 25.3 Å². The van der Waals surface area contributed by atoms with Crippen LogP contribution in [0.15, 0.2) is 48.6 Å². The lowest BCUT2D eigenvalue weighted by atomic mass is 9.76. The van der Waals surface area contributed by atoms with E-state index in [1.807, 2.05) is 12.1 Å². The Morgan fingerprint density at radius 2 is 2.00 bits per heavy atom. The van der Waals surface area contributed by atoms with Crippen molar-refractivity contribution in [1.82, 2.24) is 0 Å². The monoisotopic (exact) mass is 432 g/mol. The highest BCUT2D eigenvalue weighted by molar-refractivity contribution is 14.1. The predicted molar refractivity (Wildman–Crippen MR) is 103 cm³/mol. The second-order valence-corrected chi connectivity index (χ2v) is 7.76. The Hall–Kier alpha value is -1.89. The van der Waals surface area contributed by atoms with Gasteiger partial charge in [-0.15, -0.1) is 0 Å². The van der Waals surface area contributed by atoms with Crippen LogP contribution in [-0.2, 0) is 0 Å². The largest absolute Gasteiger partial charge is 0.377 e. The second kappa shape index (κ2) is 5.88. The first-order valence-corrected chi connectivity index (χ1v) is 9.10. The minimum atomic E-state index is -0.348. The standard InChI is InChI=1S/C19H17IN2O2/c1-11-9-13(20)10-17-15-3-2-4-16(15)19(21-18(11)17)12-5-7-14(8-6-12)22(23)24/h2-3,5-10,15-16,19,21H,4H2,1H3/t15-,16-,19-/m0/s1. The highest BCUT2D eigenvalue weighted by Gasteiger charge is 2.38. The average Bonchev–Trinajstić information content (AvgIpc) is 3.04. The van der Waals surface area contributed by atoms with Gasteiger partial charge in [-0.1, -0.05) is 24.3 Å². The van der Waals surface area contributed by atoms with E-state index in [-0.39, 0.29) is 16.7 Å². The molecule has 3 atom stereocenters. The molecule has 1 heterocycles. The van der Waals surface area contributed by atoms with Crippen molar-refractivity contribution >= 4 is 34.0 Å². The smallest absolute Gasteiger partial charge is 0.269 e. The van der Waals surface area contributed by atoms with Crippen molar-refractivity contribution < 1.29 is 4.92 Å². The van der Waals surface area contributed by atoms with Crippen molar-refractivity contribution in [2.24, 2.45) is 5.92 Å². The summed E-state index contributed by atoms with van der Waals surface area (Å²) in [6.45, 7) is 2.14. The first kappa shape index (κ1) is 15.6. The molecule has 4 rings (SSSR count). The van der Waals surface area contributed by atoms with E-state index in [1.165, 1.54) is 20.4 Å². The van der Waals surface area contributed by atoms with Gasteiger partial charge in [-0.25, -0.2) is 0 Å². The van der Waals surface area contributed by atoms with Crippen LogP contribution in [0.4, 0.5) is 11.4 Å². The molecule has 0 amide bonds. The summed E-state index contributed by atoms with van der Waals surface area (Å²) in [4.78, 5) is 10.5. The molecule has 0 aromatic heterocycles. The van der Waals surface area contributed by atoms with Gasteiger partial charge in [-0.2, -0.15) is 0 Å². The molecule has 0 saturated carbocycles. The molecule has 1 aliphatic carbocycles. The SMILES string of the molecule is Cc1cc(I)cc2c1N[C@@H](c1ccc([N+](=O)[O-])cc1)[C@H]1CC=C[C@H]21. The van der Waals surface area contributed by atoms with Crippen LogP contribution in [0, 0.1) is 26.5 Å². The van der Waals surface area contributed by atoms with Gasteiger partial charge in [0, 0.05) is 27.3 Å². The van der Waals surface area contributed by atoms with Crippen LogP contribution in [0.1, 0.15) is 35.1 Å². The Morgan fingerprint density at radius 3 is 2.71 bits per heavy atom. The Kier molecular flexibility index (Phi) is 3.83. The van der Waals surface area contributed by atoms with E-state index in [1.54, 1.807) is 12.1 Å². The molecule has 0 spiro atoms. The van der Waals surface area contributed by atoms with Crippen molar-refractivity contribution in [1.29, 1.82) is 0 Å². The number of nitrogens with one attached hydrogen (secondary N) is 1. The van der Waals surface area contributed by atoms with Gasteiger partial charge in [0.25, 0.3) is 5.69 Å². The third-order valence-corrected chi connectivity index (χ3v) is 5.72. The van der Waals surface area contributed by atoms with Gasteiger partial charge in [0.2, 0.25) is 0 Å². The number of nitro groups is 1. The van der Waals surface area contributed by atoms with Crippen LogP contribution < -0.4 is 5.32 Å². The summed E-state index contributed by atoms with van der Waals surface area (Å²) < 4.78 is 1.26. The number of anilines is 1. The number of benzene rings is 2. The van der Waals surface area contributed by atoms with Crippen LogP contribution in [-0.4, -0.2) is 4.92 Å². The fourth-order valence-electron chi connectivity index (χ4n) is 3.97. The molecule has 2 aromatic carbocycles. The van der Waals surface area contributed by atoms with E-state index in [9.17, 15) is 10.1 Å². The maximum absolute atomic E-state index is 10.9. The zero-order valence-electron chi connectivity index (χ0n) is 13.2. The highest BCUT2D eigenvalue weighted by Crippen LogP contribution is 2.51. The van der Waals surface area contributed by atoms with Gasteiger partial charge in [-0.05, 0) is 70.7 Å². The first-order chi connectivity index (χ1) is 11.5. The van der Waals surface area contributed by atoms with Gasteiger partial charge in [0.05, 0.1) is 11.0 Å². The lowest BCUT2D eigenvalue weighted by molar-refractivity contribution is -0.384. The van der Waals surface area contributed by atoms with Gasteiger partial charge >= 0.3 is 0 Å². The number of aryl methyl sites for hydroxylation is 1. The number of rotatable bonds is 2. The number of hydrogen-bond donors (Lipinski definition) is 1. The molecule has 0 radical (unpaired) electrons. The quantitative estimate of drug-likeness (QED) is 0.302. The summed E-state index contributed by atoms with van der Waals surface area (Å²) in [5, 5.41) is 14.6. The predicted octanol–water partition coefficient (Wildman–Crippen LogP) is 5.33. The molecule has 2 aliphatic rings. The average molecular weight is 432 g/mol. The van der Waals surface area contributed by atoms with Crippen LogP contribution in [0.5, 0.6) is 0 Å². The zero-order valence-corrected chi connectivity index (χ0v) is 15.4. The summed E-state index contributed by atoms with van der Waals surface area (Å²) >= 11 is 2.38. The maximum atomic E-state index is 10.9. The van der Waals surface area contributed by atoms with E-state index in [4.69, 9.17) is 0 Å². The van der Waals surface area contributed by atoms with Gasteiger partial charge in [0.15, 0.2) is 0 Å². The Bertz CT molecular complexity index is 845. The highest BCUT2D eigenvalue weighted by atomic mass is 127. The normalized spacial score (nSPS) is 24.2. The van der Waals surface area contributed by atoms with Crippen LogP contribution in [0.25, 0.3) is 0 Å². The molecule has 4 nitrogen and oxygen atoms in total. The molecule has 0 unspecified atom stereocenters. The lowest BCUT2D eigenvalue weighted by Gasteiger charge is -2.38. The number of nitrogens with zero attached hydrogens (tertiary/aromatic N) is 1. The fraction of sp³-hybridized carbons (Fsp3) is 0.263. The summed E-state index contributed by atoms with van der Waals surface area (Å²) in [5.74, 6) is 0.867. The molecule has 5 heteroatoms. The molecule has 0 bridgehead atoms. The van der Waals surface area contributed by atoms with E-state index in [0.717, 1.165) is 12.0 Å². The zero-order chi connectivity index (χ0) is 16.8. The van der Waals surface area contributed by atoms with Gasteiger partial charge in [0.1, 0.15) is 0 Å². The fourth-order valence-corrected chi connectivity index (χ4v) is 4.78.